The first-order valence-electron chi connectivity index (χ1n) is 9.54. The van der Waals surface area contributed by atoms with Crippen molar-refractivity contribution in [2.45, 2.75) is 20.3 Å². The third-order valence-electron chi connectivity index (χ3n) is 3.90. The van der Waals surface area contributed by atoms with Crippen LogP contribution in [0.5, 0.6) is 0 Å². The Labute approximate surface area is 176 Å². The standard InChI is InChI=1S/C22H20F2N2O2.C2H6/c1-3-8-15(4-2)13-14-25-22(28)20-18(24)11-7-12-19(20)26-21(27)16-9-5-6-10-17(16)23;1-2/h3-12H,1-2,13-14H2,(H,25,28)(H,26,27);1-2H3/b15-8+;. The molecule has 30 heavy (non-hydrogen) atoms. The molecule has 0 heterocycles. The van der Waals surface area contributed by atoms with E-state index in [-0.39, 0.29) is 23.4 Å². The van der Waals surface area contributed by atoms with Crippen LogP contribution >= 0.6 is 0 Å². The lowest BCUT2D eigenvalue weighted by Gasteiger charge is -2.13. The quantitative estimate of drug-likeness (QED) is 0.550. The van der Waals surface area contributed by atoms with E-state index in [1.165, 1.54) is 30.3 Å². The van der Waals surface area contributed by atoms with Crippen molar-refractivity contribution in [2.75, 3.05) is 11.9 Å². The van der Waals surface area contributed by atoms with Crippen LogP contribution in [0.4, 0.5) is 14.5 Å². The van der Waals surface area contributed by atoms with Crippen molar-refractivity contribution < 1.29 is 18.4 Å². The van der Waals surface area contributed by atoms with Crippen LogP contribution in [0.3, 0.4) is 0 Å². The van der Waals surface area contributed by atoms with Gasteiger partial charge in [-0.2, -0.15) is 0 Å². The minimum Gasteiger partial charge on any atom is -0.352 e. The molecule has 0 aliphatic carbocycles. The molecule has 2 N–H and O–H groups in total. The fourth-order valence-corrected chi connectivity index (χ4v) is 2.51. The van der Waals surface area contributed by atoms with E-state index in [0.717, 1.165) is 17.7 Å². The number of allylic oxidation sites excluding steroid dienone is 3. The summed E-state index contributed by atoms with van der Waals surface area (Å²) >= 11 is 0. The molecule has 2 rings (SSSR count). The number of benzene rings is 2. The first kappa shape index (κ1) is 24.5. The van der Waals surface area contributed by atoms with Gasteiger partial charge in [0.25, 0.3) is 11.8 Å². The third-order valence-corrected chi connectivity index (χ3v) is 3.90. The van der Waals surface area contributed by atoms with Crippen LogP contribution in [0.25, 0.3) is 0 Å². The van der Waals surface area contributed by atoms with E-state index in [1.807, 2.05) is 13.8 Å². The van der Waals surface area contributed by atoms with Crippen LogP contribution in [0, 0.1) is 11.6 Å². The van der Waals surface area contributed by atoms with Gasteiger partial charge in [0.1, 0.15) is 11.6 Å². The summed E-state index contributed by atoms with van der Waals surface area (Å²) in [6.07, 6.45) is 5.47. The van der Waals surface area contributed by atoms with Crippen LogP contribution in [-0.4, -0.2) is 18.4 Å². The van der Waals surface area contributed by atoms with Gasteiger partial charge in [0.05, 0.1) is 16.8 Å². The van der Waals surface area contributed by atoms with Gasteiger partial charge in [-0.05, 0) is 36.3 Å². The highest BCUT2D eigenvalue weighted by atomic mass is 19.1. The molecule has 0 fully saturated rings. The topological polar surface area (TPSA) is 58.2 Å². The van der Waals surface area contributed by atoms with Crippen molar-refractivity contribution >= 4 is 17.5 Å². The second kappa shape index (κ2) is 12.8. The maximum atomic E-state index is 14.3. The van der Waals surface area contributed by atoms with Gasteiger partial charge >= 0.3 is 0 Å². The van der Waals surface area contributed by atoms with Gasteiger partial charge in [-0.3, -0.25) is 9.59 Å². The maximum Gasteiger partial charge on any atom is 0.258 e. The number of hydrogen-bond acceptors (Lipinski definition) is 2. The maximum absolute atomic E-state index is 14.3. The second-order valence-electron chi connectivity index (χ2n) is 5.78. The Hall–Kier alpha value is -3.54. The predicted octanol–water partition coefficient (Wildman–Crippen LogP) is 5.66. The van der Waals surface area contributed by atoms with Crippen molar-refractivity contribution in [3.63, 3.8) is 0 Å². The monoisotopic (exact) mass is 412 g/mol. The van der Waals surface area contributed by atoms with E-state index in [9.17, 15) is 18.4 Å². The summed E-state index contributed by atoms with van der Waals surface area (Å²) in [5.74, 6) is -2.98. The molecule has 0 atom stereocenters. The lowest BCUT2D eigenvalue weighted by Crippen LogP contribution is -2.27. The van der Waals surface area contributed by atoms with E-state index < -0.39 is 23.4 Å². The van der Waals surface area contributed by atoms with Crippen LogP contribution in [0.2, 0.25) is 0 Å². The number of halogens is 2. The average Bonchev–Trinajstić information content (AvgIpc) is 2.74. The molecule has 0 saturated heterocycles. The molecular formula is C24H26F2N2O2. The van der Waals surface area contributed by atoms with Crippen LogP contribution in [0.15, 0.2) is 79.4 Å². The summed E-state index contributed by atoms with van der Waals surface area (Å²) in [7, 11) is 0. The average molecular weight is 412 g/mol. The molecule has 6 heteroatoms. The SMILES string of the molecule is C=C/C=C(\C=C)CCNC(=O)c1c(F)cccc1NC(=O)c1ccccc1F.CC. The molecule has 2 aromatic rings. The van der Waals surface area contributed by atoms with E-state index in [4.69, 9.17) is 0 Å². The smallest absolute Gasteiger partial charge is 0.258 e. The first-order chi connectivity index (χ1) is 14.5. The summed E-state index contributed by atoms with van der Waals surface area (Å²) in [5.41, 5.74) is 0.289. The fourth-order valence-electron chi connectivity index (χ4n) is 2.51. The third kappa shape index (κ3) is 6.81. The Morgan fingerprint density at radius 2 is 1.63 bits per heavy atom. The lowest BCUT2D eigenvalue weighted by molar-refractivity contribution is 0.0951. The van der Waals surface area contributed by atoms with E-state index in [1.54, 1.807) is 18.2 Å². The Balaban J connectivity index is 0.00000218. The van der Waals surface area contributed by atoms with Crippen molar-refractivity contribution in [2.24, 2.45) is 0 Å². The van der Waals surface area contributed by atoms with Gasteiger partial charge in [0.2, 0.25) is 0 Å². The number of hydrogen-bond donors (Lipinski definition) is 2. The highest BCUT2D eigenvalue weighted by molar-refractivity contribution is 6.09. The van der Waals surface area contributed by atoms with E-state index >= 15 is 0 Å². The number of rotatable bonds is 8. The Morgan fingerprint density at radius 1 is 0.967 bits per heavy atom. The number of amides is 2. The summed E-state index contributed by atoms with van der Waals surface area (Å²) in [6, 6.07) is 9.24. The molecule has 2 aromatic carbocycles. The number of carbonyl (C=O) groups is 2. The summed E-state index contributed by atoms with van der Waals surface area (Å²) < 4.78 is 28.1. The van der Waals surface area contributed by atoms with Crippen molar-refractivity contribution in [3.8, 4) is 0 Å². The normalized spacial score (nSPS) is 10.3. The largest absolute Gasteiger partial charge is 0.352 e. The molecule has 2 amide bonds. The molecule has 0 aromatic heterocycles. The number of anilines is 1. The zero-order valence-corrected chi connectivity index (χ0v) is 17.2. The molecule has 0 saturated carbocycles. The Kier molecular flexibility index (Phi) is 10.5. The van der Waals surface area contributed by atoms with Gasteiger partial charge in [0, 0.05) is 6.54 Å². The number of carbonyl (C=O) groups excluding carboxylic acids is 2. The van der Waals surface area contributed by atoms with E-state index in [2.05, 4.69) is 23.8 Å². The molecule has 0 spiro atoms. The first-order valence-corrected chi connectivity index (χ1v) is 9.54. The van der Waals surface area contributed by atoms with Gasteiger partial charge < -0.3 is 10.6 Å². The molecule has 0 radical (unpaired) electrons. The molecule has 158 valence electrons. The van der Waals surface area contributed by atoms with Gasteiger partial charge in [-0.25, -0.2) is 8.78 Å². The van der Waals surface area contributed by atoms with Crippen LogP contribution < -0.4 is 10.6 Å². The Morgan fingerprint density at radius 3 is 2.27 bits per heavy atom. The predicted molar refractivity (Wildman–Crippen MR) is 118 cm³/mol. The summed E-state index contributed by atoms with van der Waals surface area (Å²) in [4.78, 5) is 24.8. The highest BCUT2D eigenvalue weighted by Crippen LogP contribution is 2.20. The van der Waals surface area contributed by atoms with Gasteiger partial charge in [-0.15, -0.1) is 0 Å². The fraction of sp³-hybridized carbons (Fsp3) is 0.167. The summed E-state index contributed by atoms with van der Waals surface area (Å²) in [5, 5.41) is 5.00. The van der Waals surface area contributed by atoms with Gasteiger partial charge in [-0.1, -0.05) is 63.4 Å². The second-order valence-corrected chi connectivity index (χ2v) is 5.78. The van der Waals surface area contributed by atoms with Crippen LogP contribution in [0.1, 0.15) is 41.0 Å². The van der Waals surface area contributed by atoms with Crippen molar-refractivity contribution in [1.29, 1.82) is 0 Å². The molecular weight excluding hydrogens is 386 g/mol. The summed E-state index contributed by atoms with van der Waals surface area (Å²) in [6.45, 7) is 11.5. The zero-order chi connectivity index (χ0) is 22.5. The minimum absolute atomic E-state index is 0.0451. The van der Waals surface area contributed by atoms with Crippen LogP contribution in [-0.2, 0) is 0 Å². The van der Waals surface area contributed by atoms with Crippen molar-refractivity contribution in [1.82, 2.24) is 5.32 Å². The molecule has 0 aliphatic rings. The zero-order valence-electron chi connectivity index (χ0n) is 17.2. The molecule has 0 unspecified atom stereocenters. The van der Waals surface area contributed by atoms with Crippen molar-refractivity contribution in [3.05, 3.63) is 102 Å². The van der Waals surface area contributed by atoms with E-state index in [0.29, 0.717) is 6.42 Å². The molecule has 4 nitrogen and oxygen atoms in total. The Bertz CT molecular complexity index is 937. The van der Waals surface area contributed by atoms with Gasteiger partial charge in [0.15, 0.2) is 0 Å². The highest BCUT2D eigenvalue weighted by Gasteiger charge is 2.19. The minimum atomic E-state index is -0.797. The molecule has 0 bridgehead atoms. The molecule has 0 aliphatic heterocycles. The lowest BCUT2D eigenvalue weighted by atomic mass is 10.1. The number of nitrogens with one attached hydrogen (secondary N) is 2.